The van der Waals surface area contributed by atoms with Gasteiger partial charge >= 0.3 is 0 Å². The first-order valence-corrected chi connectivity index (χ1v) is 8.39. The Kier molecular flexibility index (Phi) is 5.40. The zero-order valence-electron chi connectivity index (χ0n) is 13.8. The quantitative estimate of drug-likeness (QED) is 0.866. The first-order chi connectivity index (χ1) is 12.2. The third-order valence-electron chi connectivity index (χ3n) is 4.37. The molecule has 2 aromatic rings. The van der Waals surface area contributed by atoms with E-state index in [2.05, 4.69) is 10.3 Å². The second-order valence-electron chi connectivity index (χ2n) is 6.07. The van der Waals surface area contributed by atoms with E-state index in [9.17, 15) is 14.7 Å². The van der Waals surface area contributed by atoms with Crippen LogP contribution in [0.4, 0.5) is 0 Å². The molecule has 25 heavy (non-hydrogen) atoms. The van der Waals surface area contributed by atoms with Crippen molar-refractivity contribution >= 4 is 11.8 Å². The molecule has 1 saturated heterocycles. The van der Waals surface area contributed by atoms with Crippen molar-refractivity contribution in [2.45, 2.75) is 25.0 Å². The standard InChI is InChI=1S/C19H21N3O3/c23-17(14-8-10-20-11-9-14)16(19(25)22-12-4-5-13-22)21-18(24)15-6-2-1-3-7-15/h1-3,6-11,16-17,23H,4-5,12-13H2,(H,21,24)/t16-,17+/m1/s1. The lowest BCUT2D eigenvalue weighted by molar-refractivity contribution is -0.135. The molecule has 0 aliphatic carbocycles. The van der Waals surface area contributed by atoms with Crippen LogP contribution in [-0.2, 0) is 4.79 Å². The zero-order valence-corrected chi connectivity index (χ0v) is 13.8. The van der Waals surface area contributed by atoms with Gasteiger partial charge in [-0.25, -0.2) is 0 Å². The van der Waals surface area contributed by atoms with Crippen LogP contribution < -0.4 is 5.32 Å². The van der Waals surface area contributed by atoms with Crippen molar-refractivity contribution in [2.75, 3.05) is 13.1 Å². The van der Waals surface area contributed by atoms with Crippen molar-refractivity contribution in [2.24, 2.45) is 0 Å². The van der Waals surface area contributed by atoms with Gasteiger partial charge in [0.25, 0.3) is 5.91 Å². The number of rotatable bonds is 5. The highest BCUT2D eigenvalue weighted by atomic mass is 16.3. The number of aliphatic hydroxyl groups excluding tert-OH is 1. The lowest BCUT2D eigenvalue weighted by Crippen LogP contribution is -2.51. The number of carbonyl (C=O) groups is 2. The molecule has 0 unspecified atom stereocenters. The first-order valence-electron chi connectivity index (χ1n) is 8.39. The number of aliphatic hydroxyl groups is 1. The summed E-state index contributed by atoms with van der Waals surface area (Å²) < 4.78 is 0. The van der Waals surface area contributed by atoms with Crippen molar-refractivity contribution in [1.29, 1.82) is 0 Å². The summed E-state index contributed by atoms with van der Waals surface area (Å²) in [7, 11) is 0. The number of benzene rings is 1. The highest BCUT2D eigenvalue weighted by molar-refractivity contribution is 5.97. The molecule has 1 aromatic carbocycles. The van der Waals surface area contributed by atoms with E-state index in [-0.39, 0.29) is 11.8 Å². The number of pyridine rings is 1. The molecule has 2 amide bonds. The van der Waals surface area contributed by atoms with Crippen LogP contribution in [0.3, 0.4) is 0 Å². The van der Waals surface area contributed by atoms with Crippen LogP contribution in [0.5, 0.6) is 0 Å². The molecule has 1 aromatic heterocycles. The van der Waals surface area contributed by atoms with E-state index < -0.39 is 12.1 Å². The van der Waals surface area contributed by atoms with Gasteiger partial charge in [0.1, 0.15) is 12.1 Å². The minimum Gasteiger partial charge on any atom is -0.386 e. The van der Waals surface area contributed by atoms with E-state index in [0.717, 1.165) is 12.8 Å². The molecule has 2 N–H and O–H groups in total. The minimum atomic E-state index is -1.14. The minimum absolute atomic E-state index is 0.258. The molecule has 3 rings (SSSR count). The molecular formula is C19H21N3O3. The fourth-order valence-electron chi connectivity index (χ4n) is 2.98. The largest absolute Gasteiger partial charge is 0.386 e. The van der Waals surface area contributed by atoms with Gasteiger partial charge in [0.05, 0.1) is 0 Å². The van der Waals surface area contributed by atoms with Crippen LogP contribution in [0, 0.1) is 0 Å². The Bertz CT molecular complexity index is 715. The highest BCUT2D eigenvalue weighted by Gasteiger charge is 2.34. The molecule has 1 fully saturated rings. The summed E-state index contributed by atoms with van der Waals surface area (Å²) in [4.78, 5) is 31.0. The van der Waals surface area contributed by atoms with Gasteiger partial charge in [-0.15, -0.1) is 0 Å². The van der Waals surface area contributed by atoms with Crippen LogP contribution in [0.2, 0.25) is 0 Å². The van der Waals surface area contributed by atoms with Gasteiger partial charge < -0.3 is 15.3 Å². The topological polar surface area (TPSA) is 82.5 Å². The van der Waals surface area contributed by atoms with E-state index in [1.54, 1.807) is 53.7 Å². The van der Waals surface area contributed by atoms with Gasteiger partial charge in [0.2, 0.25) is 5.91 Å². The second-order valence-corrected chi connectivity index (χ2v) is 6.07. The molecular weight excluding hydrogens is 318 g/mol. The maximum absolute atomic E-state index is 12.9. The van der Waals surface area contributed by atoms with E-state index in [0.29, 0.717) is 24.2 Å². The summed E-state index contributed by atoms with van der Waals surface area (Å²) in [6.07, 6.45) is 3.85. The van der Waals surface area contributed by atoms with E-state index in [1.165, 1.54) is 0 Å². The third kappa shape index (κ3) is 4.03. The van der Waals surface area contributed by atoms with Crippen molar-refractivity contribution in [3.8, 4) is 0 Å². The van der Waals surface area contributed by atoms with Crippen molar-refractivity contribution in [3.63, 3.8) is 0 Å². The van der Waals surface area contributed by atoms with Crippen LogP contribution in [0.1, 0.15) is 34.9 Å². The van der Waals surface area contributed by atoms with Crippen LogP contribution >= 0.6 is 0 Å². The molecule has 2 atom stereocenters. The second kappa shape index (κ2) is 7.90. The van der Waals surface area contributed by atoms with Crippen LogP contribution in [-0.4, -0.2) is 45.9 Å². The van der Waals surface area contributed by atoms with Gasteiger partial charge in [-0.1, -0.05) is 18.2 Å². The number of hydrogen-bond donors (Lipinski definition) is 2. The van der Waals surface area contributed by atoms with Crippen molar-refractivity contribution in [3.05, 3.63) is 66.0 Å². The molecule has 0 radical (unpaired) electrons. The molecule has 2 heterocycles. The number of amides is 2. The maximum atomic E-state index is 12.9. The fourth-order valence-corrected chi connectivity index (χ4v) is 2.98. The predicted octanol–water partition coefficient (Wildman–Crippen LogP) is 1.54. The predicted molar refractivity (Wildman–Crippen MR) is 92.7 cm³/mol. The third-order valence-corrected chi connectivity index (χ3v) is 4.37. The molecule has 0 saturated carbocycles. The number of carbonyl (C=O) groups excluding carboxylic acids is 2. The van der Waals surface area contributed by atoms with Gasteiger partial charge in [0.15, 0.2) is 0 Å². The summed E-state index contributed by atoms with van der Waals surface area (Å²) in [5.74, 6) is -0.641. The molecule has 130 valence electrons. The Morgan fingerprint density at radius 3 is 2.32 bits per heavy atom. The number of nitrogens with zero attached hydrogens (tertiary/aromatic N) is 2. The average Bonchev–Trinajstić information content (AvgIpc) is 3.21. The molecule has 0 spiro atoms. The summed E-state index contributed by atoms with van der Waals surface area (Å²) in [5.41, 5.74) is 0.990. The molecule has 6 heteroatoms. The number of aromatic nitrogens is 1. The Balaban J connectivity index is 1.83. The van der Waals surface area contributed by atoms with Crippen molar-refractivity contribution < 1.29 is 14.7 Å². The lowest BCUT2D eigenvalue weighted by Gasteiger charge is -2.28. The van der Waals surface area contributed by atoms with Gasteiger partial charge in [-0.2, -0.15) is 0 Å². The van der Waals surface area contributed by atoms with Crippen molar-refractivity contribution in [1.82, 2.24) is 15.2 Å². The summed E-state index contributed by atoms with van der Waals surface area (Å²) in [6, 6.07) is 10.9. The lowest BCUT2D eigenvalue weighted by atomic mass is 10.0. The van der Waals surface area contributed by atoms with Gasteiger partial charge in [-0.3, -0.25) is 14.6 Å². The molecule has 1 aliphatic heterocycles. The number of hydrogen-bond acceptors (Lipinski definition) is 4. The van der Waals surface area contributed by atoms with Gasteiger partial charge in [0, 0.05) is 31.0 Å². The number of likely N-dealkylation sites (tertiary alicyclic amines) is 1. The normalized spacial score (nSPS) is 16.3. The van der Waals surface area contributed by atoms with E-state index in [4.69, 9.17) is 0 Å². The van der Waals surface area contributed by atoms with Crippen LogP contribution in [0.15, 0.2) is 54.9 Å². The van der Waals surface area contributed by atoms with Gasteiger partial charge in [-0.05, 0) is 42.7 Å². The molecule has 0 bridgehead atoms. The maximum Gasteiger partial charge on any atom is 0.252 e. The Morgan fingerprint density at radius 1 is 1.04 bits per heavy atom. The SMILES string of the molecule is O=C(N[C@@H](C(=O)N1CCCC1)[C@@H](O)c1ccncc1)c1ccccc1. The smallest absolute Gasteiger partial charge is 0.252 e. The Morgan fingerprint density at radius 2 is 1.68 bits per heavy atom. The van der Waals surface area contributed by atoms with Crippen LogP contribution in [0.25, 0.3) is 0 Å². The summed E-state index contributed by atoms with van der Waals surface area (Å²) in [5, 5.41) is 13.4. The average molecular weight is 339 g/mol. The Hall–Kier alpha value is -2.73. The highest BCUT2D eigenvalue weighted by Crippen LogP contribution is 2.20. The monoisotopic (exact) mass is 339 g/mol. The zero-order chi connectivity index (χ0) is 17.6. The molecule has 1 aliphatic rings. The number of nitrogens with one attached hydrogen (secondary N) is 1. The van der Waals surface area contributed by atoms with E-state index >= 15 is 0 Å². The first kappa shape index (κ1) is 17.1. The molecule has 6 nitrogen and oxygen atoms in total. The summed E-state index contributed by atoms with van der Waals surface area (Å²) >= 11 is 0. The fraction of sp³-hybridized carbons (Fsp3) is 0.316. The Labute approximate surface area is 146 Å². The van der Waals surface area contributed by atoms with E-state index in [1.807, 2.05) is 6.07 Å². The summed E-state index contributed by atoms with van der Waals surface area (Å²) in [6.45, 7) is 1.30.